The van der Waals surface area contributed by atoms with Crippen molar-refractivity contribution < 1.29 is 9.18 Å². The Morgan fingerprint density at radius 2 is 2.21 bits per heavy atom. The molecule has 0 aliphatic carbocycles. The second-order valence-electron chi connectivity index (χ2n) is 4.61. The Hall–Kier alpha value is -1.17. The van der Waals surface area contributed by atoms with E-state index in [-0.39, 0.29) is 0 Å². The summed E-state index contributed by atoms with van der Waals surface area (Å²) in [6.45, 7) is 3.03. The number of nitrogens with zero attached hydrogens (tertiary/aromatic N) is 1. The van der Waals surface area contributed by atoms with Gasteiger partial charge in [-0.2, -0.15) is 0 Å². The van der Waals surface area contributed by atoms with E-state index in [9.17, 15) is 9.18 Å². The molecule has 1 aliphatic heterocycles. The predicted octanol–water partition coefficient (Wildman–Crippen LogP) is 1.30. The van der Waals surface area contributed by atoms with Crippen LogP contribution in [0.5, 0.6) is 0 Å². The van der Waals surface area contributed by atoms with Gasteiger partial charge in [0.05, 0.1) is 0 Å². The molecule has 0 radical (unpaired) electrons. The molecule has 0 bridgehead atoms. The van der Waals surface area contributed by atoms with Crippen LogP contribution in [0.15, 0.2) is 18.2 Å². The topological polar surface area (TPSA) is 58.4 Å². The molecule has 104 valence electrons. The van der Waals surface area contributed by atoms with E-state index in [2.05, 4.69) is 5.32 Å². The molecular weight excluding hydrogens is 269 g/mol. The monoisotopic (exact) mass is 285 g/mol. The molecular formula is C13H17ClFN3O. The van der Waals surface area contributed by atoms with E-state index in [4.69, 9.17) is 17.3 Å². The fourth-order valence-electron chi connectivity index (χ4n) is 2.38. The largest absolute Gasteiger partial charge is 0.368 e. The highest BCUT2D eigenvalue weighted by Crippen LogP contribution is 2.26. The van der Waals surface area contributed by atoms with Crippen molar-refractivity contribution in [3.05, 3.63) is 34.6 Å². The highest BCUT2D eigenvalue weighted by atomic mass is 35.5. The van der Waals surface area contributed by atoms with Gasteiger partial charge in [-0.05, 0) is 25.1 Å². The molecule has 1 fully saturated rings. The van der Waals surface area contributed by atoms with E-state index in [1.807, 2.05) is 4.90 Å². The Labute approximate surface area is 116 Å². The molecule has 2 rings (SSSR count). The summed E-state index contributed by atoms with van der Waals surface area (Å²) in [6, 6.07) is 3.58. The molecule has 1 aromatic rings. The molecule has 19 heavy (non-hydrogen) atoms. The Balaban J connectivity index is 2.30. The maximum absolute atomic E-state index is 14.0. The number of carbonyl (C=O) groups is 1. The first-order chi connectivity index (χ1) is 9.09. The third kappa shape index (κ3) is 3.43. The molecule has 0 saturated carbocycles. The van der Waals surface area contributed by atoms with Crippen molar-refractivity contribution >= 4 is 17.5 Å². The smallest absolute Gasteiger partial charge is 0.239 e. The minimum absolute atomic E-state index is 0.291. The summed E-state index contributed by atoms with van der Waals surface area (Å²) >= 11 is 5.73. The van der Waals surface area contributed by atoms with Gasteiger partial charge in [0.2, 0.25) is 5.91 Å². The fraction of sp³-hybridized carbons (Fsp3) is 0.462. The summed E-state index contributed by atoms with van der Waals surface area (Å²) in [7, 11) is 0. The average molecular weight is 286 g/mol. The number of rotatable bonds is 3. The molecule has 1 heterocycles. The number of benzene rings is 1. The van der Waals surface area contributed by atoms with Crippen LogP contribution in [-0.2, 0) is 4.79 Å². The van der Waals surface area contributed by atoms with Crippen LogP contribution in [0.25, 0.3) is 0 Å². The molecule has 1 aliphatic rings. The number of amides is 1. The lowest BCUT2D eigenvalue weighted by molar-refractivity contribution is -0.123. The predicted molar refractivity (Wildman–Crippen MR) is 72.4 cm³/mol. The van der Waals surface area contributed by atoms with Gasteiger partial charge in [-0.3, -0.25) is 9.69 Å². The number of hydrogen-bond acceptors (Lipinski definition) is 3. The van der Waals surface area contributed by atoms with Crippen LogP contribution in [0.1, 0.15) is 18.0 Å². The minimum atomic E-state index is -0.739. The second kappa shape index (κ2) is 6.32. The molecule has 0 aromatic heterocycles. The summed E-state index contributed by atoms with van der Waals surface area (Å²) in [5, 5.41) is 3.54. The van der Waals surface area contributed by atoms with Crippen LogP contribution < -0.4 is 11.1 Å². The highest BCUT2D eigenvalue weighted by Gasteiger charge is 2.28. The van der Waals surface area contributed by atoms with Crippen LogP contribution in [-0.4, -0.2) is 37.0 Å². The van der Waals surface area contributed by atoms with Gasteiger partial charge in [0.15, 0.2) is 0 Å². The van der Waals surface area contributed by atoms with Crippen molar-refractivity contribution in [2.45, 2.75) is 12.5 Å². The van der Waals surface area contributed by atoms with Gasteiger partial charge in [-0.15, -0.1) is 0 Å². The van der Waals surface area contributed by atoms with E-state index in [0.717, 1.165) is 19.5 Å². The summed E-state index contributed by atoms with van der Waals surface area (Å²) in [5.41, 5.74) is 5.75. The zero-order valence-corrected chi connectivity index (χ0v) is 11.3. The van der Waals surface area contributed by atoms with Crippen molar-refractivity contribution in [1.82, 2.24) is 10.2 Å². The number of primary amides is 1. The Morgan fingerprint density at radius 3 is 2.89 bits per heavy atom. The van der Waals surface area contributed by atoms with Gasteiger partial charge in [0.25, 0.3) is 0 Å². The van der Waals surface area contributed by atoms with E-state index in [1.165, 1.54) is 12.1 Å². The lowest BCUT2D eigenvalue weighted by atomic mass is 10.0. The Bertz CT molecular complexity index is 461. The van der Waals surface area contributed by atoms with E-state index in [0.29, 0.717) is 23.7 Å². The van der Waals surface area contributed by atoms with Crippen LogP contribution in [0.3, 0.4) is 0 Å². The number of carbonyl (C=O) groups excluding carboxylic acids is 1. The number of hydrogen-bond donors (Lipinski definition) is 2. The third-order valence-electron chi connectivity index (χ3n) is 3.27. The minimum Gasteiger partial charge on any atom is -0.368 e. The first-order valence-corrected chi connectivity index (χ1v) is 6.66. The van der Waals surface area contributed by atoms with Crippen molar-refractivity contribution in [2.75, 3.05) is 26.2 Å². The van der Waals surface area contributed by atoms with Crippen molar-refractivity contribution in [2.24, 2.45) is 5.73 Å². The normalized spacial score (nSPS) is 18.8. The van der Waals surface area contributed by atoms with Crippen LogP contribution in [0, 0.1) is 5.82 Å². The van der Waals surface area contributed by atoms with Gasteiger partial charge in [-0.1, -0.05) is 17.7 Å². The molecule has 3 N–H and O–H groups in total. The van der Waals surface area contributed by atoms with Crippen LogP contribution in [0.4, 0.5) is 4.39 Å². The van der Waals surface area contributed by atoms with Crippen LogP contribution in [0.2, 0.25) is 5.02 Å². The van der Waals surface area contributed by atoms with Crippen molar-refractivity contribution in [1.29, 1.82) is 0 Å². The SMILES string of the molecule is NC(=O)C(c1ccc(Cl)cc1F)N1CCCNCC1. The standard InChI is InChI=1S/C13H17ClFN3O/c14-9-2-3-10(11(15)8-9)12(13(16)19)18-6-1-4-17-5-7-18/h2-3,8,12,17H,1,4-7H2,(H2,16,19). The van der Waals surface area contributed by atoms with Gasteiger partial charge < -0.3 is 11.1 Å². The van der Waals surface area contributed by atoms with Crippen LogP contribution >= 0.6 is 11.6 Å². The Kier molecular flexibility index (Phi) is 4.74. The van der Waals surface area contributed by atoms with Gasteiger partial charge in [0.1, 0.15) is 11.9 Å². The lowest BCUT2D eigenvalue weighted by Crippen LogP contribution is -2.40. The molecule has 1 saturated heterocycles. The quantitative estimate of drug-likeness (QED) is 0.880. The average Bonchev–Trinajstić information content (AvgIpc) is 2.61. The highest BCUT2D eigenvalue weighted by molar-refractivity contribution is 6.30. The lowest BCUT2D eigenvalue weighted by Gasteiger charge is -2.28. The third-order valence-corrected chi connectivity index (χ3v) is 3.50. The first kappa shape index (κ1) is 14.2. The van der Waals surface area contributed by atoms with Gasteiger partial charge in [-0.25, -0.2) is 4.39 Å². The second-order valence-corrected chi connectivity index (χ2v) is 5.05. The maximum atomic E-state index is 14.0. The fourth-order valence-corrected chi connectivity index (χ4v) is 2.54. The molecule has 1 unspecified atom stereocenters. The molecule has 0 spiro atoms. The van der Waals surface area contributed by atoms with Crippen molar-refractivity contribution in [3.63, 3.8) is 0 Å². The summed E-state index contributed by atoms with van der Waals surface area (Å²) < 4.78 is 14.0. The summed E-state index contributed by atoms with van der Waals surface area (Å²) in [5.74, 6) is -1.03. The maximum Gasteiger partial charge on any atom is 0.239 e. The van der Waals surface area contributed by atoms with E-state index in [1.54, 1.807) is 6.07 Å². The zero-order chi connectivity index (χ0) is 13.8. The van der Waals surface area contributed by atoms with Gasteiger partial charge in [0, 0.05) is 30.2 Å². The van der Waals surface area contributed by atoms with E-state index >= 15 is 0 Å². The molecule has 1 amide bonds. The van der Waals surface area contributed by atoms with Gasteiger partial charge >= 0.3 is 0 Å². The first-order valence-electron chi connectivity index (χ1n) is 6.28. The summed E-state index contributed by atoms with van der Waals surface area (Å²) in [6.07, 6.45) is 0.902. The number of nitrogens with two attached hydrogens (primary N) is 1. The molecule has 1 aromatic carbocycles. The van der Waals surface area contributed by atoms with E-state index < -0.39 is 17.8 Å². The summed E-state index contributed by atoms with van der Waals surface area (Å²) in [4.78, 5) is 13.6. The molecule has 4 nitrogen and oxygen atoms in total. The Morgan fingerprint density at radius 1 is 1.42 bits per heavy atom. The van der Waals surface area contributed by atoms with Crippen molar-refractivity contribution in [3.8, 4) is 0 Å². The number of halogens is 2. The number of nitrogens with one attached hydrogen (secondary N) is 1. The molecule has 6 heteroatoms. The molecule has 1 atom stereocenters. The zero-order valence-electron chi connectivity index (χ0n) is 10.5.